The zero-order valence-corrected chi connectivity index (χ0v) is 9.56. The summed E-state index contributed by atoms with van der Waals surface area (Å²) in [6.07, 6.45) is 3.54. The molecule has 1 aromatic heterocycles. The van der Waals surface area contributed by atoms with Crippen LogP contribution in [0.1, 0.15) is 13.8 Å². The SMILES string of the molecule is CSc1cc(NCC(C)(C)N)ncn1. The van der Waals surface area contributed by atoms with Gasteiger partial charge >= 0.3 is 0 Å². The fraction of sp³-hybridized carbons (Fsp3) is 0.556. The Bertz CT molecular complexity index is 295. The van der Waals surface area contributed by atoms with E-state index in [-0.39, 0.29) is 5.54 Å². The minimum atomic E-state index is -0.232. The molecule has 5 heteroatoms. The largest absolute Gasteiger partial charge is 0.368 e. The van der Waals surface area contributed by atoms with E-state index in [0.717, 1.165) is 10.8 Å². The third-order valence-electron chi connectivity index (χ3n) is 1.58. The van der Waals surface area contributed by atoms with E-state index in [0.29, 0.717) is 6.54 Å². The van der Waals surface area contributed by atoms with Gasteiger partial charge in [0.1, 0.15) is 17.2 Å². The molecule has 0 aliphatic rings. The van der Waals surface area contributed by atoms with Crippen molar-refractivity contribution < 1.29 is 0 Å². The molecule has 1 rings (SSSR count). The van der Waals surface area contributed by atoms with Crippen molar-refractivity contribution in [3.8, 4) is 0 Å². The number of hydrogen-bond donors (Lipinski definition) is 2. The predicted molar refractivity (Wildman–Crippen MR) is 60.6 cm³/mol. The van der Waals surface area contributed by atoms with Gasteiger partial charge in [-0.25, -0.2) is 9.97 Å². The maximum atomic E-state index is 5.84. The Labute approximate surface area is 88.7 Å². The molecule has 1 heterocycles. The first-order chi connectivity index (χ1) is 6.51. The number of hydrogen-bond acceptors (Lipinski definition) is 5. The molecule has 0 saturated heterocycles. The summed E-state index contributed by atoms with van der Waals surface area (Å²) in [5.41, 5.74) is 5.61. The average molecular weight is 212 g/mol. The van der Waals surface area contributed by atoms with Crippen molar-refractivity contribution in [1.82, 2.24) is 9.97 Å². The van der Waals surface area contributed by atoms with Crippen molar-refractivity contribution in [2.24, 2.45) is 5.73 Å². The Morgan fingerprint density at radius 2 is 2.21 bits per heavy atom. The summed E-state index contributed by atoms with van der Waals surface area (Å²) in [6, 6.07) is 1.91. The zero-order valence-electron chi connectivity index (χ0n) is 8.74. The van der Waals surface area contributed by atoms with E-state index in [1.165, 1.54) is 0 Å². The number of aromatic nitrogens is 2. The smallest absolute Gasteiger partial charge is 0.130 e. The Morgan fingerprint density at radius 1 is 1.50 bits per heavy atom. The Balaban J connectivity index is 2.59. The van der Waals surface area contributed by atoms with Gasteiger partial charge in [0, 0.05) is 18.2 Å². The molecule has 78 valence electrons. The predicted octanol–water partition coefficient (Wildman–Crippen LogP) is 1.35. The second-order valence-electron chi connectivity index (χ2n) is 3.79. The van der Waals surface area contributed by atoms with Crippen LogP contribution in [0.2, 0.25) is 0 Å². The van der Waals surface area contributed by atoms with E-state index in [1.807, 2.05) is 26.2 Å². The summed E-state index contributed by atoms with van der Waals surface area (Å²) in [6.45, 7) is 4.63. The highest BCUT2D eigenvalue weighted by Crippen LogP contribution is 2.13. The van der Waals surface area contributed by atoms with Gasteiger partial charge < -0.3 is 11.1 Å². The molecule has 0 amide bonds. The molecule has 0 fully saturated rings. The van der Waals surface area contributed by atoms with Crippen LogP contribution in [0.25, 0.3) is 0 Å². The summed E-state index contributed by atoms with van der Waals surface area (Å²) in [7, 11) is 0. The second-order valence-corrected chi connectivity index (χ2v) is 4.61. The molecule has 0 aliphatic carbocycles. The summed E-state index contributed by atoms with van der Waals surface area (Å²) in [4.78, 5) is 8.18. The molecule has 4 nitrogen and oxygen atoms in total. The van der Waals surface area contributed by atoms with Gasteiger partial charge in [0.15, 0.2) is 0 Å². The molecule has 14 heavy (non-hydrogen) atoms. The van der Waals surface area contributed by atoms with Gasteiger partial charge in [0.05, 0.1) is 0 Å². The maximum Gasteiger partial charge on any atom is 0.130 e. The fourth-order valence-corrected chi connectivity index (χ4v) is 1.25. The number of nitrogens with one attached hydrogen (secondary N) is 1. The quantitative estimate of drug-likeness (QED) is 0.582. The topological polar surface area (TPSA) is 63.8 Å². The summed E-state index contributed by atoms with van der Waals surface area (Å²) in [5.74, 6) is 0.822. The lowest BCUT2D eigenvalue weighted by atomic mass is 10.1. The molecule has 0 spiro atoms. The number of thioether (sulfide) groups is 1. The van der Waals surface area contributed by atoms with Crippen molar-refractivity contribution in [2.75, 3.05) is 18.1 Å². The molecule has 0 aromatic carbocycles. The number of rotatable bonds is 4. The molecule has 0 unspecified atom stereocenters. The van der Waals surface area contributed by atoms with Crippen LogP contribution < -0.4 is 11.1 Å². The summed E-state index contributed by atoms with van der Waals surface area (Å²) >= 11 is 1.59. The van der Waals surface area contributed by atoms with E-state index in [1.54, 1.807) is 18.1 Å². The minimum Gasteiger partial charge on any atom is -0.368 e. The normalized spacial score (nSPS) is 11.4. The molecular formula is C9H16N4S. The highest BCUT2D eigenvalue weighted by Gasteiger charge is 2.10. The first kappa shape index (κ1) is 11.3. The van der Waals surface area contributed by atoms with Gasteiger partial charge in [-0.3, -0.25) is 0 Å². The van der Waals surface area contributed by atoms with E-state index in [9.17, 15) is 0 Å². The van der Waals surface area contributed by atoms with Gasteiger partial charge in [-0.2, -0.15) is 0 Å². The fourth-order valence-electron chi connectivity index (χ4n) is 0.866. The highest BCUT2D eigenvalue weighted by atomic mass is 32.2. The van der Waals surface area contributed by atoms with Crippen LogP contribution in [0.5, 0.6) is 0 Å². The van der Waals surface area contributed by atoms with Crippen molar-refractivity contribution in [1.29, 1.82) is 0 Å². The van der Waals surface area contributed by atoms with Gasteiger partial charge in [-0.1, -0.05) is 0 Å². The molecular weight excluding hydrogens is 196 g/mol. The Kier molecular flexibility index (Phi) is 3.71. The first-order valence-corrected chi connectivity index (χ1v) is 5.62. The van der Waals surface area contributed by atoms with E-state index >= 15 is 0 Å². The lowest BCUT2D eigenvalue weighted by molar-refractivity contribution is 0.548. The third-order valence-corrected chi connectivity index (χ3v) is 2.22. The van der Waals surface area contributed by atoms with Gasteiger partial charge in [-0.15, -0.1) is 11.8 Å². The lowest BCUT2D eigenvalue weighted by Crippen LogP contribution is -2.39. The van der Waals surface area contributed by atoms with E-state index < -0.39 is 0 Å². The minimum absolute atomic E-state index is 0.232. The Hall–Kier alpha value is -0.810. The molecule has 0 radical (unpaired) electrons. The van der Waals surface area contributed by atoms with Crippen LogP contribution in [-0.2, 0) is 0 Å². The monoisotopic (exact) mass is 212 g/mol. The molecule has 3 N–H and O–H groups in total. The average Bonchev–Trinajstić information content (AvgIpc) is 2.14. The van der Waals surface area contributed by atoms with Crippen LogP contribution in [-0.4, -0.2) is 28.3 Å². The van der Waals surface area contributed by atoms with Crippen molar-refractivity contribution in [3.63, 3.8) is 0 Å². The molecule has 0 aliphatic heterocycles. The zero-order chi connectivity index (χ0) is 10.6. The number of anilines is 1. The summed E-state index contributed by atoms with van der Waals surface area (Å²) in [5, 5.41) is 4.13. The van der Waals surface area contributed by atoms with Gasteiger partial charge in [0.2, 0.25) is 0 Å². The van der Waals surface area contributed by atoms with Crippen LogP contribution >= 0.6 is 11.8 Å². The lowest BCUT2D eigenvalue weighted by Gasteiger charge is -2.19. The molecule has 0 atom stereocenters. The van der Waals surface area contributed by atoms with E-state index in [4.69, 9.17) is 5.73 Å². The van der Waals surface area contributed by atoms with Crippen LogP contribution in [0.3, 0.4) is 0 Å². The van der Waals surface area contributed by atoms with Gasteiger partial charge in [-0.05, 0) is 20.1 Å². The highest BCUT2D eigenvalue weighted by molar-refractivity contribution is 7.98. The first-order valence-electron chi connectivity index (χ1n) is 4.40. The van der Waals surface area contributed by atoms with Crippen LogP contribution in [0.4, 0.5) is 5.82 Å². The standard InChI is InChI=1S/C9H16N4S/c1-9(2,10)5-11-7-4-8(14-3)13-6-12-7/h4,6H,5,10H2,1-3H3,(H,11,12,13). The third kappa shape index (κ3) is 3.93. The van der Waals surface area contributed by atoms with Crippen LogP contribution in [0, 0.1) is 0 Å². The maximum absolute atomic E-state index is 5.84. The Morgan fingerprint density at radius 3 is 2.79 bits per heavy atom. The van der Waals surface area contributed by atoms with Crippen molar-refractivity contribution in [3.05, 3.63) is 12.4 Å². The molecule has 0 saturated carbocycles. The van der Waals surface area contributed by atoms with Crippen molar-refractivity contribution >= 4 is 17.6 Å². The number of nitrogens with zero attached hydrogens (tertiary/aromatic N) is 2. The van der Waals surface area contributed by atoms with E-state index in [2.05, 4.69) is 15.3 Å². The molecule has 1 aromatic rings. The summed E-state index contributed by atoms with van der Waals surface area (Å²) < 4.78 is 0. The molecule has 0 bridgehead atoms. The van der Waals surface area contributed by atoms with Crippen molar-refractivity contribution in [2.45, 2.75) is 24.4 Å². The van der Waals surface area contributed by atoms with Gasteiger partial charge in [0.25, 0.3) is 0 Å². The van der Waals surface area contributed by atoms with Crippen LogP contribution in [0.15, 0.2) is 17.4 Å². The number of nitrogens with two attached hydrogens (primary N) is 1. The second kappa shape index (κ2) is 4.61.